The Labute approximate surface area is 158 Å². The summed E-state index contributed by atoms with van der Waals surface area (Å²) in [5.74, 6) is 2.57. The Hall–Kier alpha value is -1.35. The largest absolute Gasteiger partial charge is 0.384 e. The summed E-state index contributed by atoms with van der Waals surface area (Å²) in [6.45, 7) is 4.59. The molecule has 1 aromatic rings. The van der Waals surface area contributed by atoms with Gasteiger partial charge in [0.25, 0.3) is 0 Å². The fourth-order valence-corrected chi connectivity index (χ4v) is 6.10. The Morgan fingerprint density at radius 1 is 1.19 bits per heavy atom. The minimum Gasteiger partial charge on any atom is -0.384 e. The Balaban J connectivity index is 0.00000180. The first-order valence-corrected chi connectivity index (χ1v) is 10.6. The van der Waals surface area contributed by atoms with Crippen molar-refractivity contribution in [2.45, 2.75) is 50.4 Å². The third-order valence-corrected chi connectivity index (χ3v) is 7.63. The van der Waals surface area contributed by atoms with E-state index in [-0.39, 0.29) is 12.7 Å². The van der Waals surface area contributed by atoms with Crippen molar-refractivity contribution in [3.63, 3.8) is 0 Å². The van der Waals surface area contributed by atoms with Crippen LogP contribution in [0, 0.1) is 23.6 Å². The summed E-state index contributed by atoms with van der Waals surface area (Å²) in [5, 5.41) is 3.52. The maximum absolute atomic E-state index is 13.8. The van der Waals surface area contributed by atoms with E-state index >= 15 is 0 Å². The van der Waals surface area contributed by atoms with Gasteiger partial charge in [0.05, 0.1) is 0 Å². The van der Waals surface area contributed by atoms with E-state index in [9.17, 15) is 4.39 Å². The molecule has 2 aliphatic carbocycles. The van der Waals surface area contributed by atoms with Crippen LogP contribution < -0.4 is 5.32 Å². The fourth-order valence-electron chi connectivity index (χ4n) is 6.10. The topological polar surface area (TPSA) is 15.3 Å². The van der Waals surface area contributed by atoms with Crippen molar-refractivity contribution >= 4 is 5.69 Å². The first kappa shape index (κ1) is 16.8. The molecule has 2 nitrogen and oxygen atoms in total. The monoisotopic (exact) mass is 356 g/mol. The third kappa shape index (κ3) is 3.09. The standard InChI is InChI=1S/C23H31FN2.H2/c24-20-6-7-22-21(14-20)23(16-25-22)8-10-26(11-9-23)15-19-5-4-17-2-1-3-18(12-17)13-19;/h1,3,6-7,14,17-19,25H,2,4-5,8-13,15-16H2;1H. The van der Waals surface area contributed by atoms with Crippen molar-refractivity contribution in [3.8, 4) is 0 Å². The van der Waals surface area contributed by atoms with Crippen LogP contribution in [-0.4, -0.2) is 31.1 Å². The number of rotatable bonds is 2. The number of halogens is 1. The highest BCUT2D eigenvalue weighted by atomic mass is 19.1. The number of hydrogen-bond acceptors (Lipinski definition) is 2. The molecule has 2 bridgehead atoms. The van der Waals surface area contributed by atoms with Gasteiger partial charge in [-0.25, -0.2) is 4.39 Å². The molecule has 2 heterocycles. The van der Waals surface area contributed by atoms with E-state index in [1.54, 1.807) is 12.1 Å². The number of allylic oxidation sites excluding steroid dienone is 2. The van der Waals surface area contributed by atoms with Gasteiger partial charge >= 0.3 is 0 Å². The maximum atomic E-state index is 13.8. The van der Waals surface area contributed by atoms with Crippen LogP contribution in [0.1, 0.15) is 51.9 Å². The molecule has 0 aromatic heterocycles. The highest BCUT2D eigenvalue weighted by molar-refractivity contribution is 5.60. The number of fused-ring (bicyclic) bond motifs is 4. The predicted octanol–water partition coefficient (Wildman–Crippen LogP) is 5.21. The van der Waals surface area contributed by atoms with Gasteiger partial charge in [-0.2, -0.15) is 0 Å². The van der Waals surface area contributed by atoms with Crippen LogP contribution in [0.4, 0.5) is 10.1 Å². The molecule has 142 valence electrons. The number of nitrogens with one attached hydrogen (secondary N) is 1. The molecule has 1 spiro atoms. The van der Waals surface area contributed by atoms with Crippen molar-refractivity contribution in [1.82, 2.24) is 4.90 Å². The molecular formula is C23H33FN2. The second kappa shape index (κ2) is 6.67. The lowest BCUT2D eigenvalue weighted by molar-refractivity contribution is 0.140. The third-order valence-electron chi connectivity index (χ3n) is 7.63. The van der Waals surface area contributed by atoms with Gasteiger partial charge in [0.2, 0.25) is 0 Å². The summed E-state index contributed by atoms with van der Waals surface area (Å²) in [4.78, 5) is 2.70. The maximum Gasteiger partial charge on any atom is 0.123 e. The Bertz CT molecular complexity index is 696. The summed E-state index contributed by atoms with van der Waals surface area (Å²) in [5.41, 5.74) is 2.55. The van der Waals surface area contributed by atoms with E-state index in [2.05, 4.69) is 22.4 Å². The highest BCUT2D eigenvalue weighted by Crippen LogP contribution is 2.45. The van der Waals surface area contributed by atoms with E-state index in [0.29, 0.717) is 0 Å². The van der Waals surface area contributed by atoms with Crippen LogP contribution in [0.25, 0.3) is 0 Å². The molecule has 3 heteroatoms. The lowest BCUT2D eigenvalue weighted by atomic mass is 9.74. The molecule has 3 atom stereocenters. The molecule has 1 saturated carbocycles. The fraction of sp³-hybridized carbons (Fsp3) is 0.652. The number of anilines is 1. The van der Waals surface area contributed by atoms with Crippen molar-refractivity contribution in [3.05, 3.63) is 41.7 Å². The SMILES string of the molecule is Fc1ccc2c(c1)C1(CCN(CC3CCC4CC=CC(C4)C3)CC1)CN2.[HH]. The Morgan fingerprint density at radius 2 is 2.08 bits per heavy atom. The smallest absolute Gasteiger partial charge is 0.123 e. The van der Waals surface area contributed by atoms with Crippen LogP contribution in [0.2, 0.25) is 0 Å². The van der Waals surface area contributed by atoms with E-state index in [1.165, 1.54) is 44.2 Å². The Kier molecular flexibility index (Phi) is 4.31. The summed E-state index contributed by atoms with van der Waals surface area (Å²) in [6.07, 6.45) is 14.3. The zero-order chi connectivity index (χ0) is 17.6. The van der Waals surface area contributed by atoms with Crippen molar-refractivity contribution in [2.75, 3.05) is 31.5 Å². The van der Waals surface area contributed by atoms with Gasteiger partial charge in [0.1, 0.15) is 5.82 Å². The molecule has 2 aliphatic heterocycles. The predicted molar refractivity (Wildman–Crippen MR) is 107 cm³/mol. The minimum atomic E-state index is -0.0908. The van der Waals surface area contributed by atoms with Crippen molar-refractivity contribution in [1.29, 1.82) is 0 Å². The van der Waals surface area contributed by atoms with Crippen LogP contribution in [0.3, 0.4) is 0 Å². The minimum absolute atomic E-state index is 0. The summed E-state index contributed by atoms with van der Waals surface area (Å²) >= 11 is 0. The van der Waals surface area contributed by atoms with Crippen LogP contribution in [0.5, 0.6) is 0 Å². The number of benzene rings is 1. The zero-order valence-corrected chi connectivity index (χ0v) is 15.7. The molecule has 26 heavy (non-hydrogen) atoms. The van der Waals surface area contributed by atoms with E-state index < -0.39 is 0 Å². The average molecular weight is 357 g/mol. The first-order valence-electron chi connectivity index (χ1n) is 10.6. The second-order valence-electron chi connectivity index (χ2n) is 9.33. The van der Waals surface area contributed by atoms with E-state index in [0.717, 1.165) is 55.9 Å². The summed E-state index contributed by atoms with van der Waals surface area (Å²) < 4.78 is 13.8. The number of piperidine rings is 1. The lowest BCUT2D eigenvalue weighted by Gasteiger charge is -2.40. The van der Waals surface area contributed by atoms with Gasteiger partial charge in [-0.1, -0.05) is 12.2 Å². The van der Waals surface area contributed by atoms with Gasteiger partial charge in [0, 0.05) is 25.6 Å². The Morgan fingerprint density at radius 3 is 2.96 bits per heavy atom. The van der Waals surface area contributed by atoms with Gasteiger partial charge in [-0.15, -0.1) is 0 Å². The molecule has 2 fully saturated rings. The molecule has 1 saturated heterocycles. The molecule has 4 aliphatic rings. The van der Waals surface area contributed by atoms with Crippen LogP contribution >= 0.6 is 0 Å². The van der Waals surface area contributed by atoms with Crippen LogP contribution in [0.15, 0.2) is 30.4 Å². The second-order valence-corrected chi connectivity index (χ2v) is 9.33. The molecule has 5 rings (SSSR count). The first-order chi connectivity index (χ1) is 12.7. The van der Waals surface area contributed by atoms with E-state index in [1.807, 2.05) is 6.07 Å². The van der Waals surface area contributed by atoms with Gasteiger partial charge in [-0.3, -0.25) is 0 Å². The zero-order valence-electron chi connectivity index (χ0n) is 15.7. The molecule has 1 N–H and O–H groups in total. The van der Waals surface area contributed by atoms with Gasteiger partial charge in [-0.05, 0) is 99.6 Å². The molecule has 0 amide bonds. The lowest BCUT2D eigenvalue weighted by Crippen LogP contribution is -2.45. The van der Waals surface area contributed by atoms with Crippen molar-refractivity contribution < 1.29 is 5.82 Å². The number of hydrogen-bond donors (Lipinski definition) is 1. The quantitative estimate of drug-likeness (QED) is 0.732. The van der Waals surface area contributed by atoms with Gasteiger partial charge in [0.15, 0.2) is 0 Å². The van der Waals surface area contributed by atoms with Crippen molar-refractivity contribution in [2.24, 2.45) is 17.8 Å². The number of likely N-dealkylation sites (tertiary alicyclic amines) is 1. The molecule has 1 aromatic carbocycles. The average Bonchev–Trinajstić information content (AvgIpc) is 2.92. The molecule has 0 radical (unpaired) electrons. The highest BCUT2D eigenvalue weighted by Gasteiger charge is 2.42. The summed E-state index contributed by atoms with van der Waals surface area (Å²) in [6, 6.07) is 5.28. The van der Waals surface area contributed by atoms with E-state index in [4.69, 9.17) is 0 Å². The normalized spacial score (nSPS) is 32.9. The number of nitrogens with zero attached hydrogens (tertiary/aromatic N) is 1. The summed E-state index contributed by atoms with van der Waals surface area (Å²) in [7, 11) is 0. The van der Waals surface area contributed by atoms with Gasteiger partial charge < -0.3 is 10.2 Å². The molecule has 3 unspecified atom stereocenters. The van der Waals surface area contributed by atoms with Crippen LogP contribution in [-0.2, 0) is 5.41 Å². The molecular weight excluding hydrogens is 323 g/mol.